The van der Waals surface area contributed by atoms with E-state index in [1.807, 2.05) is 32.0 Å². The van der Waals surface area contributed by atoms with Gasteiger partial charge in [-0.15, -0.1) is 0 Å². The largest absolute Gasteiger partial charge is 0.392 e. The molecule has 3 nitrogen and oxygen atoms in total. The van der Waals surface area contributed by atoms with Crippen LogP contribution in [0.25, 0.3) is 0 Å². The first-order chi connectivity index (χ1) is 5.66. The molecule has 0 aliphatic rings. The summed E-state index contributed by atoms with van der Waals surface area (Å²) < 4.78 is 0. The van der Waals surface area contributed by atoms with E-state index in [-0.39, 0.29) is 6.61 Å². The third-order valence-electron chi connectivity index (χ3n) is 1.85. The third kappa shape index (κ3) is 1.56. The lowest BCUT2D eigenvalue weighted by molar-refractivity contribution is 0.281. The number of aryl methyl sites for hydroxylation is 1. The van der Waals surface area contributed by atoms with Gasteiger partial charge in [0, 0.05) is 25.9 Å². The number of aromatic nitrogens is 1. The van der Waals surface area contributed by atoms with E-state index >= 15 is 0 Å². The summed E-state index contributed by atoms with van der Waals surface area (Å²) in [6.07, 6.45) is 1.75. The van der Waals surface area contributed by atoms with Gasteiger partial charge in [-0.05, 0) is 18.6 Å². The molecule has 1 N–H and O–H groups in total. The summed E-state index contributed by atoms with van der Waals surface area (Å²) >= 11 is 0. The predicted octanol–water partition coefficient (Wildman–Crippen LogP) is 0.948. The lowest BCUT2D eigenvalue weighted by Gasteiger charge is -2.16. The van der Waals surface area contributed by atoms with Crippen LogP contribution < -0.4 is 4.90 Å². The number of aliphatic hydroxyl groups excluding tert-OH is 1. The van der Waals surface area contributed by atoms with Crippen molar-refractivity contribution >= 4 is 5.82 Å². The van der Waals surface area contributed by atoms with Gasteiger partial charge in [0.2, 0.25) is 0 Å². The quantitative estimate of drug-likeness (QED) is 0.710. The van der Waals surface area contributed by atoms with Crippen molar-refractivity contribution in [3.8, 4) is 0 Å². The summed E-state index contributed by atoms with van der Waals surface area (Å²) in [5.74, 6) is 0.845. The topological polar surface area (TPSA) is 36.4 Å². The number of hydrogen-bond acceptors (Lipinski definition) is 3. The Morgan fingerprint density at radius 2 is 2.17 bits per heavy atom. The molecule has 1 heterocycles. The van der Waals surface area contributed by atoms with Crippen LogP contribution in [0.15, 0.2) is 12.3 Å². The summed E-state index contributed by atoms with van der Waals surface area (Å²) in [6, 6.07) is 1.90. The van der Waals surface area contributed by atoms with Gasteiger partial charge >= 0.3 is 0 Å². The van der Waals surface area contributed by atoms with Crippen molar-refractivity contribution < 1.29 is 5.11 Å². The number of pyridine rings is 1. The van der Waals surface area contributed by atoms with E-state index in [1.54, 1.807) is 6.20 Å². The molecule has 0 fully saturated rings. The molecule has 0 spiro atoms. The highest BCUT2D eigenvalue weighted by Crippen LogP contribution is 2.18. The van der Waals surface area contributed by atoms with Crippen LogP contribution in [0.5, 0.6) is 0 Å². The molecule has 12 heavy (non-hydrogen) atoms. The monoisotopic (exact) mass is 166 g/mol. The van der Waals surface area contributed by atoms with E-state index in [2.05, 4.69) is 4.98 Å². The normalized spacial score (nSPS) is 10.0. The van der Waals surface area contributed by atoms with Crippen LogP contribution in [-0.4, -0.2) is 24.2 Å². The van der Waals surface area contributed by atoms with E-state index in [9.17, 15) is 0 Å². The summed E-state index contributed by atoms with van der Waals surface area (Å²) in [5.41, 5.74) is 1.98. The van der Waals surface area contributed by atoms with Crippen LogP contribution in [0.3, 0.4) is 0 Å². The number of nitrogens with zero attached hydrogens (tertiary/aromatic N) is 2. The van der Waals surface area contributed by atoms with Crippen molar-refractivity contribution in [2.75, 3.05) is 19.0 Å². The average molecular weight is 166 g/mol. The Kier molecular flexibility index (Phi) is 2.65. The second-order valence-electron chi connectivity index (χ2n) is 2.98. The molecule has 0 aromatic carbocycles. The molecule has 1 aromatic heterocycles. The summed E-state index contributed by atoms with van der Waals surface area (Å²) in [5, 5.41) is 9.08. The second-order valence-corrected chi connectivity index (χ2v) is 2.98. The van der Waals surface area contributed by atoms with Gasteiger partial charge in [0.25, 0.3) is 0 Å². The van der Waals surface area contributed by atoms with Gasteiger partial charge in [0.15, 0.2) is 0 Å². The van der Waals surface area contributed by atoms with E-state index in [0.29, 0.717) is 0 Å². The van der Waals surface area contributed by atoms with Crippen molar-refractivity contribution in [2.45, 2.75) is 13.5 Å². The minimum Gasteiger partial charge on any atom is -0.392 e. The fourth-order valence-corrected chi connectivity index (χ4v) is 1.16. The molecule has 0 radical (unpaired) electrons. The van der Waals surface area contributed by atoms with E-state index in [4.69, 9.17) is 5.11 Å². The maximum Gasteiger partial charge on any atom is 0.133 e. The molecule has 1 aromatic rings. The molecule has 3 heteroatoms. The van der Waals surface area contributed by atoms with Crippen LogP contribution in [0.2, 0.25) is 0 Å². The Morgan fingerprint density at radius 1 is 1.50 bits per heavy atom. The molecule has 0 saturated carbocycles. The van der Waals surface area contributed by atoms with Crippen LogP contribution >= 0.6 is 0 Å². The first-order valence-electron chi connectivity index (χ1n) is 3.89. The average Bonchev–Trinajstić information content (AvgIpc) is 2.03. The van der Waals surface area contributed by atoms with Crippen molar-refractivity contribution in [1.29, 1.82) is 0 Å². The predicted molar refractivity (Wildman–Crippen MR) is 49.2 cm³/mol. The zero-order valence-electron chi connectivity index (χ0n) is 7.70. The fraction of sp³-hybridized carbons (Fsp3) is 0.444. The van der Waals surface area contributed by atoms with Crippen LogP contribution in [-0.2, 0) is 6.61 Å². The number of rotatable bonds is 2. The Labute approximate surface area is 72.7 Å². The minimum absolute atomic E-state index is 0.0488. The van der Waals surface area contributed by atoms with Gasteiger partial charge in [-0.2, -0.15) is 0 Å². The van der Waals surface area contributed by atoms with Crippen molar-refractivity contribution in [1.82, 2.24) is 4.98 Å². The van der Waals surface area contributed by atoms with Crippen molar-refractivity contribution in [2.24, 2.45) is 0 Å². The molecule has 0 saturated heterocycles. The van der Waals surface area contributed by atoms with Crippen LogP contribution in [0.1, 0.15) is 11.1 Å². The molecular formula is C9H14N2O. The molecule has 0 aliphatic carbocycles. The molecule has 66 valence electrons. The highest BCUT2D eigenvalue weighted by atomic mass is 16.3. The molecule has 0 amide bonds. The van der Waals surface area contributed by atoms with Crippen LogP contribution in [0.4, 0.5) is 5.82 Å². The smallest absolute Gasteiger partial charge is 0.133 e. The summed E-state index contributed by atoms with van der Waals surface area (Å²) in [7, 11) is 3.84. The molecular weight excluding hydrogens is 152 g/mol. The van der Waals surface area contributed by atoms with Gasteiger partial charge in [0.1, 0.15) is 5.82 Å². The number of hydrogen-bond donors (Lipinski definition) is 1. The number of anilines is 1. The summed E-state index contributed by atoms with van der Waals surface area (Å²) in [6.45, 7) is 2.02. The Hall–Kier alpha value is -1.09. The highest BCUT2D eigenvalue weighted by Gasteiger charge is 2.06. The fourth-order valence-electron chi connectivity index (χ4n) is 1.16. The molecule has 0 bridgehead atoms. The molecule has 1 rings (SSSR count). The van der Waals surface area contributed by atoms with E-state index in [0.717, 1.165) is 16.9 Å². The van der Waals surface area contributed by atoms with Gasteiger partial charge in [-0.3, -0.25) is 0 Å². The van der Waals surface area contributed by atoms with Gasteiger partial charge in [-0.1, -0.05) is 0 Å². The van der Waals surface area contributed by atoms with Crippen LogP contribution in [0, 0.1) is 6.92 Å². The molecule has 0 atom stereocenters. The highest BCUT2D eigenvalue weighted by molar-refractivity contribution is 5.48. The Bertz CT molecular complexity index is 271. The maximum atomic E-state index is 9.08. The molecule has 0 aliphatic heterocycles. The van der Waals surface area contributed by atoms with Gasteiger partial charge in [0.05, 0.1) is 6.61 Å². The number of aliphatic hydroxyl groups is 1. The first kappa shape index (κ1) is 9.00. The van der Waals surface area contributed by atoms with E-state index in [1.165, 1.54) is 0 Å². The van der Waals surface area contributed by atoms with Gasteiger partial charge in [-0.25, -0.2) is 4.98 Å². The SMILES string of the molecule is Cc1ccnc(N(C)C)c1CO. The third-order valence-corrected chi connectivity index (χ3v) is 1.85. The van der Waals surface area contributed by atoms with Crippen molar-refractivity contribution in [3.05, 3.63) is 23.4 Å². The standard InChI is InChI=1S/C9H14N2O/c1-7-4-5-10-9(11(2)3)8(7)6-12/h4-5,12H,6H2,1-3H3. The van der Waals surface area contributed by atoms with Crippen molar-refractivity contribution in [3.63, 3.8) is 0 Å². The first-order valence-corrected chi connectivity index (χ1v) is 3.89. The maximum absolute atomic E-state index is 9.08. The van der Waals surface area contributed by atoms with E-state index < -0.39 is 0 Å². The Balaban J connectivity index is 3.18. The summed E-state index contributed by atoms with van der Waals surface area (Å²) in [4.78, 5) is 6.08. The Morgan fingerprint density at radius 3 is 2.58 bits per heavy atom. The molecule has 0 unspecified atom stereocenters. The lowest BCUT2D eigenvalue weighted by atomic mass is 10.1. The zero-order valence-corrected chi connectivity index (χ0v) is 7.70. The zero-order chi connectivity index (χ0) is 9.14. The second kappa shape index (κ2) is 3.54. The lowest BCUT2D eigenvalue weighted by Crippen LogP contribution is -2.14. The van der Waals surface area contributed by atoms with Gasteiger partial charge < -0.3 is 10.0 Å². The minimum atomic E-state index is 0.0488.